The molecule has 0 saturated heterocycles. The third-order valence-corrected chi connectivity index (χ3v) is 2.93. The number of nitrogens with two attached hydrogens (primary N) is 1. The fraction of sp³-hybridized carbons (Fsp3) is 0.0667. The van der Waals surface area contributed by atoms with Gasteiger partial charge in [0.1, 0.15) is 11.8 Å². The molecule has 108 valence electrons. The monoisotopic (exact) mass is 286 g/mol. The number of carboxylic acids is 1. The molecule has 0 aliphatic heterocycles. The summed E-state index contributed by atoms with van der Waals surface area (Å²) in [5.41, 5.74) is 6.33. The van der Waals surface area contributed by atoms with E-state index in [-0.39, 0.29) is 17.0 Å². The lowest BCUT2D eigenvalue weighted by Crippen LogP contribution is -2.28. The maximum absolute atomic E-state index is 12.1. The number of aromatic hydroxyl groups is 1. The van der Waals surface area contributed by atoms with Crippen molar-refractivity contribution in [3.05, 3.63) is 59.7 Å². The zero-order valence-corrected chi connectivity index (χ0v) is 11.0. The number of aromatic carboxylic acids is 1. The van der Waals surface area contributed by atoms with Crippen LogP contribution in [0, 0.1) is 0 Å². The molecule has 0 aliphatic carbocycles. The summed E-state index contributed by atoms with van der Waals surface area (Å²) in [6.45, 7) is 0. The molecule has 0 fully saturated rings. The first kappa shape index (κ1) is 14.5. The number of amides is 1. The van der Waals surface area contributed by atoms with Crippen LogP contribution in [0.2, 0.25) is 0 Å². The summed E-state index contributed by atoms with van der Waals surface area (Å²) in [5.74, 6) is -1.98. The van der Waals surface area contributed by atoms with E-state index in [1.54, 1.807) is 30.3 Å². The molecule has 0 bridgehead atoms. The smallest absolute Gasteiger partial charge is 0.337 e. The molecule has 1 atom stereocenters. The number of nitrogens with one attached hydrogen (secondary N) is 1. The zero-order valence-electron chi connectivity index (χ0n) is 11.0. The van der Waals surface area contributed by atoms with Gasteiger partial charge in [0.05, 0.1) is 11.3 Å². The molecule has 0 unspecified atom stereocenters. The number of phenols is 1. The fourth-order valence-electron chi connectivity index (χ4n) is 1.84. The molecule has 0 spiro atoms. The number of hydrogen-bond acceptors (Lipinski definition) is 4. The van der Waals surface area contributed by atoms with E-state index in [9.17, 15) is 14.7 Å². The Morgan fingerprint density at radius 1 is 1.10 bits per heavy atom. The van der Waals surface area contributed by atoms with Crippen molar-refractivity contribution in [1.29, 1.82) is 0 Å². The van der Waals surface area contributed by atoms with E-state index in [2.05, 4.69) is 5.32 Å². The van der Waals surface area contributed by atoms with Crippen molar-refractivity contribution in [3.8, 4) is 5.75 Å². The van der Waals surface area contributed by atoms with Gasteiger partial charge in [-0.15, -0.1) is 0 Å². The van der Waals surface area contributed by atoms with Gasteiger partial charge in [-0.3, -0.25) is 4.79 Å². The normalized spacial score (nSPS) is 11.7. The quantitative estimate of drug-likeness (QED) is 0.639. The molecule has 2 aromatic rings. The van der Waals surface area contributed by atoms with Crippen LogP contribution >= 0.6 is 0 Å². The van der Waals surface area contributed by atoms with Crippen LogP contribution < -0.4 is 11.1 Å². The highest BCUT2D eigenvalue weighted by Gasteiger charge is 2.19. The Morgan fingerprint density at radius 3 is 2.38 bits per heavy atom. The third kappa shape index (κ3) is 3.37. The number of benzene rings is 2. The van der Waals surface area contributed by atoms with E-state index in [4.69, 9.17) is 10.8 Å². The largest absolute Gasteiger partial charge is 0.508 e. The van der Waals surface area contributed by atoms with Crippen molar-refractivity contribution >= 4 is 17.6 Å². The molecule has 21 heavy (non-hydrogen) atoms. The minimum atomic E-state index is -1.26. The molecule has 0 heterocycles. The van der Waals surface area contributed by atoms with Crippen LogP contribution in [0.5, 0.6) is 5.75 Å². The highest BCUT2D eigenvalue weighted by molar-refractivity contribution is 6.02. The van der Waals surface area contributed by atoms with E-state index in [0.717, 1.165) is 6.07 Å². The van der Waals surface area contributed by atoms with Gasteiger partial charge in [0.25, 0.3) is 0 Å². The van der Waals surface area contributed by atoms with Crippen molar-refractivity contribution in [2.24, 2.45) is 5.73 Å². The maximum Gasteiger partial charge on any atom is 0.337 e. The van der Waals surface area contributed by atoms with Gasteiger partial charge in [-0.1, -0.05) is 30.3 Å². The van der Waals surface area contributed by atoms with Gasteiger partial charge in [-0.25, -0.2) is 4.79 Å². The molecule has 0 saturated carbocycles. The van der Waals surface area contributed by atoms with Crippen LogP contribution in [0.3, 0.4) is 0 Å². The Morgan fingerprint density at radius 2 is 1.76 bits per heavy atom. The van der Waals surface area contributed by atoms with Gasteiger partial charge in [0.2, 0.25) is 5.91 Å². The van der Waals surface area contributed by atoms with Crippen LogP contribution in [0.15, 0.2) is 48.5 Å². The van der Waals surface area contributed by atoms with Gasteiger partial charge in [-0.05, 0) is 23.8 Å². The van der Waals surface area contributed by atoms with Crippen LogP contribution in [0.4, 0.5) is 5.69 Å². The molecule has 0 aromatic heterocycles. The second-order valence-electron chi connectivity index (χ2n) is 4.41. The molecule has 0 radical (unpaired) electrons. The van der Waals surface area contributed by atoms with Crippen molar-refractivity contribution < 1.29 is 19.8 Å². The molecular formula is C15H14N2O4. The summed E-state index contributed by atoms with van der Waals surface area (Å²) in [7, 11) is 0. The predicted molar refractivity (Wildman–Crippen MR) is 77.1 cm³/mol. The van der Waals surface area contributed by atoms with E-state index in [1.807, 2.05) is 0 Å². The minimum absolute atomic E-state index is 0.0803. The van der Waals surface area contributed by atoms with E-state index >= 15 is 0 Å². The summed E-state index contributed by atoms with van der Waals surface area (Å²) in [6, 6.07) is 11.5. The first-order valence-electron chi connectivity index (χ1n) is 6.16. The fourth-order valence-corrected chi connectivity index (χ4v) is 1.84. The number of carbonyl (C=O) groups excluding carboxylic acids is 1. The number of hydrogen-bond donors (Lipinski definition) is 4. The van der Waals surface area contributed by atoms with Crippen molar-refractivity contribution in [1.82, 2.24) is 0 Å². The Bertz CT molecular complexity index is 671. The third-order valence-electron chi connectivity index (χ3n) is 2.93. The van der Waals surface area contributed by atoms with Crippen LogP contribution in [-0.4, -0.2) is 22.1 Å². The zero-order chi connectivity index (χ0) is 15.4. The number of carbonyl (C=O) groups is 2. The lowest BCUT2D eigenvalue weighted by molar-refractivity contribution is -0.117. The second kappa shape index (κ2) is 6.06. The topological polar surface area (TPSA) is 113 Å². The Kier molecular flexibility index (Phi) is 4.20. The molecule has 6 nitrogen and oxygen atoms in total. The van der Waals surface area contributed by atoms with Gasteiger partial charge >= 0.3 is 5.97 Å². The number of rotatable bonds is 4. The van der Waals surface area contributed by atoms with E-state index < -0.39 is 17.9 Å². The number of carboxylic acid groups (broad SMARTS) is 1. The lowest BCUT2D eigenvalue weighted by Gasteiger charge is -2.14. The standard InChI is InChI=1S/C15H14N2O4/c16-13(9-4-2-1-3-5-9)14(19)17-12-7-6-10(18)8-11(12)15(20)21/h1-8,13,18H,16H2,(H,17,19)(H,20,21)/t13-/m1/s1. The van der Waals surface area contributed by atoms with Gasteiger partial charge in [0, 0.05) is 0 Å². The summed E-state index contributed by atoms with van der Waals surface area (Å²) in [5, 5.41) is 20.8. The highest BCUT2D eigenvalue weighted by atomic mass is 16.4. The number of phenolic OH excluding ortho intramolecular Hbond substituents is 1. The average molecular weight is 286 g/mol. The number of anilines is 1. The Labute approximate surface area is 120 Å². The summed E-state index contributed by atoms with van der Waals surface area (Å²) in [4.78, 5) is 23.2. The first-order valence-corrected chi connectivity index (χ1v) is 6.16. The Hall–Kier alpha value is -2.86. The van der Waals surface area contributed by atoms with Crippen molar-refractivity contribution in [2.45, 2.75) is 6.04 Å². The van der Waals surface area contributed by atoms with Crippen molar-refractivity contribution in [2.75, 3.05) is 5.32 Å². The van der Waals surface area contributed by atoms with Crippen LogP contribution in [0.25, 0.3) is 0 Å². The molecule has 2 rings (SSSR count). The minimum Gasteiger partial charge on any atom is -0.508 e. The maximum atomic E-state index is 12.1. The lowest BCUT2D eigenvalue weighted by atomic mass is 10.1. The second-order valence-corrected chi connectivity index (χ2v) is 4.41. The van der Waals surface area contributed by atoms with Gasteiger partial charge in [-0.2, -0.15) is 0 Å². The summed E-state index contributed by atoms with van der Waals surface area (Å²) >= 11 is 0. The molecule has 0 aliphatic rings. The van der Waals surface area contributed by atoms with Gasteiger partial charge < -0.3 is 21.3 Å². The SMILES string of the molecule is N[C@@H](C(=O)Nc1ccc(O)cc1C(=O)O)c1ccccc1. The van der Waals surface area contributed by atoms with E-state index in [1.165, 1.54) is 12.1 Å². The summed E-state index contributed by atoms with van der Waals surface area (Å²) in [6.07, 6.45) is 0. The molecule has 5 N–H and O–H groups in total. The van der Waals surface area contributed by atoms with E-state index in [0.29, 0.717) is 5.56 Å². The van der Waals surface area contributed by atoms with Crippen molar-refractivity contribution in [3.63, 3.8) is 0 Å². The van der Waals surface area contributed by atoms with Crippen LogP contribution in [0.1, 0.15) is 22.0 Å². The molecular weight excluding hydrogens is 272 g/mol. The Balaban J connectivity index is 2.22. The molecule has 6 heteroatoms. The molecule has 2 aromatic carbocycles. The van der Waals surface area contributed by atoms with Crippen LogP contribution in [-0.2, 0) is 4.79 Å². The first-order chi connectivity index (χ1) is 9.99. The highest BCUT2D eigenvalue weighted by Crippen LogP contribution is 2.22. The average Bonchev–Trinajstić information content (AvgIpc) is 2.49. The molecule has 1 amide bonds. The predicted octanol–water partition coefficient (Wildman–Crippen LogP) is 1.73. The van der Waals surface area contributed by atoms with Gasteiger partial charge in [0.15, 0.2) is 0 Å². The summed E-state index contributed by atoms with van der Waals surface area (Å²) < 4.78 is 0.